The van der Waals surface area contributed by atoms with Gasteiger partial charge in [-0.05, 0) is 35.7 Å². The number of esters is 1. The van der Waals surface area contributed by atoms with E-state index in [2.05, 4.69) is 5.32 Å². The Hall–Kier alpha value is -2.53. The molecular formula is C19H20ClNO4. The summed E-state index contributed by atoms with van der Waals surface area (Å²) < 4.78 is 10.1. The lowest BCUT2D eigenvalue weighted by molar-refractivity contribution is -0.150. The summed E-state index contributed by atoms with van der Waals surface area (Å²) in [7, 11) is 0. The largest absolute Gasteiger partial charge is 0.482 e. The van der Waals surface area contributed by atoms with E-state index in [9.17, 15) is 9.59 Å². The van der Waals surface area contributed by atoms with Crippen molar-refractivity contribution >= 4 is 23.5 Å². The van der Waals surface area contributed by atoms with E-state index in [1.165, 1.54) is 0 Å². The standard InChI is InChI=1S/C19H20ClNO4/c1-14(15-5-3-2-4-6-15)11-21-18(22)12-25-19(23)13-24-17-9-7-16(20)8-10-17/h2-10,14H,11-13H2,1H3,(H,21,22)/t14-/m0/s1. The lowest BCUT2D eigenvalue weighted by atomic mass is 10.0. The number of carbonyl (C=O) groups is 2. The topological polar surface area (TPSA) is 64.6 Å². The lowest BCUT2D eigenvalue weighted by Crippen LogP contribution is -2.32. The average Bonchev–Trinajstić information content (AvgIpc) is 2.64. The number of halogens is 1. The molecule has 1 N–H and O–H groups in total. The van der Waals surface area contributed by atoms with Gasteiger partial charge in [0.05, 0.1) is 0 Å². The molecule has 0 saturated carbocycles. The smallest absolute Gasteiger partial charge is 0.344 e. The second-order valence-corrected chi connectivity index (χ2v) is 5.96. The van der Waals surface area contributed by atoms with Crippen molar-refractivity contribution in [1.29, 1.82) is 0 Å². The molecule has 1 amide bonds. The van der Waals surface area contributed by atoms with Crippen LogP contribution in [0.3, 0.4) is 0 Å². The summed E-state index contributed by atoms with van der Waals surface area (Å²) in [5.41, 5.74) is 1.14. The molecule has 5 nitrogen and oxygen atoms in total. The number of amides is 1. The highest BCUT2D eigenvalue weighted by atomic mass is 35.5. The van der Waals surface area contributed by atoms with Crippen LogP contribution in [0.5, 0.6) is 5.75 Å². The first kappa shape index (κ1) is 18.8. The highest BCUT2D eigenvalue weighted by molar-refractivity contribution is 6.30. The second kappa shape index (κ2) is 9.69. The Bertz CT molecular complexity index is 688. The van der Waals surface area contributed by atoms with Gasteiger partial charge in [-0.25, -0.2) is 4.79 Å². The highest BCUT2D eigenvalue weighted by Gasteiger charge is 2.10. The fourth-order valence-electron chi connectivity index (χ4n) is 2.08. The van der Waals surface area contributed by atoms with Crippen molar-refractivity contribution in [1.82, 2.24) is 5.32 Å². The van der Waals surface area contributed by atoms with Crippen LogP contribution >= 0.6 is 11.6 Å². The van der Waals surface area contributed by atoms with E-state index < -0.39 is 5.97 Å². The number of hydrogen-bond donors (Lipinski definition) is 1. The van der Waals surface area contributed by atoms with Crippen molar-refractivity contribution in [3.63, 3.8) is 0 Å². The van der Waals surface area contributed by atoms with Gasteiger partial charge in [0.2, 0.25) is 0 Å². The molecule has 0 unspecified atom stereocenters. The van der Waals surface area contributed by atoms with Crippen molar-refractivity contribution in [2.45, 2.75) is 12.8 Å². The van der Waals surface area contributed by atoms with Crippen LogP contribution in [-0.2, 0) is 14.3 Å². The van der Waals surface area contributed by atoms with Crippen LogP contribution in [0.25, 0.3) is 0 Å². The predicted molar refractivity (Wildman–Crippen MR) is 95.8 cm³/mol. The number of hydrogen-bond acceptors (Lipinski definition) is 4. The van der Waals surface area contributed by atoms with Gasteiger partial charge in [0, 0.05) is 11.6 Å². The molecule has 0 saturated heterocycles. The third-order valence-corrected chi connectivity index (χ3v) is 3.76. The first-order valence-electron chi connectivity index (χ1n) is 7.90. The number of ether oxygens (including phenoxy) is 2. The van der Waals surface area contributed by atoms with Gasteiger partial charge in [0.25, 0.3) is 5.91 Å². The first-order chi connectivity index (χ1) is 12.0. The molecule has 0 aliphatic rings. The molecule has 0 spiro atoms. The monoisotopic (exact) mass is 361 g/mol. The second-order valence-electron chi connectivity index (χ2n) is 5.52. The Labute approximate surface area is 151 Å². The van der Waals surface area contributed by atoms with Gasteiger partial charge in [-0.3, -0.25) is 4.79 Å². The van der Waals surface area contributed by atoms with Crippen LogP contribution in [0.4, 0.5) is 0 Å². The van der Waals surface area contributed by atoms with Gasteiger partial charge in [-0.15, -0.1) is 0 Å². The molecular weight excluding hydrogens is 342 g/mol. The summed E-state index contributed by atoms with van der Waals surface area (Å²) in [6.45, 7) is 1.89. The molecule has 0 aliphatic carbocycles. The maximum atomic E-state index is 11.8. The maximum Gasteiger partial charge on any atom is 0.344 e. The van der Waals surface area contributed by atoms with Crippen LogP contribution in [0.2, 0.25) is 5.02 Å². The summed E-state index contributed by atoms with van der Waals surface area (Å²) in [4.78, 5) is 23.3. The number of benzene rings is 2. The molecule has 0 aromatic heterocycles. The van der Waals surface area contributed by atoms with E-state index in [4.69, 9.17) is 21.1 Å². The van der Waals surface area contributed by atoms with Crippen LogP contribution in [0, 0.1) is 0 Å². The molecule has 0 fully saturated rings. The summed E-state index contributed by atoms with van der Waals surface area (Å²) in [6.07, 6.45) is 0. The zero-order valence-electron chi connectivity index (χ0n) is 13.9. The van der Waals surface area contributed by atoms with Crippen molar-refractivity contribution in [3.8, 4) is 5.75 Å². The van der Waals surface area contributed by atoms with E-state index in [1.807, 2.05) is 37.3 Å². The van der Waals surface area contributed by atoms with Gasteiger partial charge in [-0.1, -0.05) is 48.9 Å². The van der Waals surface area contributed by atoms with E-state index in [0.717, 1.165) is 5.56 Å². The Morgan fingerprint density at radius 3 is 2.40 bits per heavy atom. The van der Waals surface area contributed by atoms with Crippen LogP contribution in [-0.4, -0.2) is 31.6 Å². The lowest BCUT2D eigenvalue weighted by Gasteiger charge is -2.13. The maximum absolute atomic E-state index is 11.8. The summed E-state index contributed by atoms with van der Waals surface area (Å²) in [5.74, 6) is -0.277. The molecule has 0 radical (unpaired) electrons. The molecule has 132 valence electrons. The van der Waals surface area contributed by atoms with Crippen LogP contribution in [0.1, 0.15) is 18.4 Å². The van der Waals surface area contributed by atoms with Crippen molar-refractivity contribution in [2.75, 3.05) is 19.8 Å². The minimum absolute atomic E-state index is 0.175. The minimum atomic E-state index is -0.610. The molecule has 2 aromatic carbocycles. The predicted octanol–water partition coefficient (Wildman–Crippen LogP) is 3.18. The van der Waals surface area contributed by atoms with Gasteiger partial charge < -0.3 is 14.8 Å². The molecule has 2 rings (SSSR count). The number of nitrogens with one attached hydrogen (secondary N) is 1. The fourth-order valence-corrected chi connectivity index (χ4v) is 2.20. The first-order valence-corrected chi connectivity index (χ1v) is 8.28. The minimum Gasteiger partial charge on any atom is -0.482 e. The quantitative estimate of drug-likeness (QED) is 0.733. The van der Waals surface area contributed by atoms with E-state index in [-0.39, 0.29) is 25.0 Å². The molecule has 6 heteroatoms. The van der Waals surface area contributed by atoms with Crippen molar-refractivity contribution in [2.24, 2.45) is 0 Å². The highest BCUT2D eigenvalue weighted by Crippen LogP contribution is 2.15. The van der Waals surface area contributed by atoms with Gasteiger partial charge in [0.15, 0.2) is 13.2 Å². The normalized spacial score (nSPS) is 11.4. The van der Waals surface area contributed by atoms with Crippen molar-refractivity contribution in [3.05, 3.63) is 65.2 Å². The molecule has 0 heterocycles. The Balaban J connectivity index is 1.64. The summed E-state index contributed by atoms with van der Waals surface area (Å²) in [5, 5.41) is 3.32. The van der Waals surface area contributed by atoms with Crippen molar-refractivity contribution < 1.29 is 19.1 Å². The Kier molecular flexibility index (Phi) is 7.29. The zero-order valence-corrected chi connectivity index (χ0v) is 14.7. The summed E-state index contributed by atoms with van der Waals surface area (Å²) >= 11 is 5.76. The SMILES string of the molecule is C[C@@H](CNC(=O)COC(=O)COc1ccc(Cl)cc1)c1ccccc1. The number of rotatable bonds is 8. The third-order valence-electron chi connectivity index (χ3n) is 3.51. The van der Waals surface area contributed by atoms with Gasteiger partial charge >= 0.3 is 5.97 Å². The van der Waals surface area contributed by atoms with Crippen LogP contribution in [0.15, 0.2) is 54.6 Å². The molecule has 0 bridgehead atoms. The zero-order chi connectivity index (χ0) is 18.1. The molecule has 1 atom stereocenters. The Morgan fingerprint density at radius 2 is 1.72 bits per heavy atom. The van der Waals surface area contributed by atoms with E-state index >= 15 is 0 Å². The summed E-state index contributed by atoms with van der Waals surface area (Å²) in [6, 6.07) is 16.5. The van der Waals surface area contributed by atoms with E-state index in [1.54, 1.807) is 24.3 Å². The van der Waals surface area contributed by atoms with Gasteiger partial charge in [-0.2, -0.15) is 0 Å². The van der Waals surface area contributed by atoms with E-state index in [0.29, 0.717) is 17.3 Å². The molecule has 2 aromatic rings. The van der Waals surface area contributed by atoms with Crippen LogP contribution < -0.4 is 10.1 Å². The molecule has 25 heavy (non-hydrogen) atoms. The molecule has 0 aliphatic heterocycles. The number of carbonyl (C=O) groups excluding carboxylic acids is 2. The third kappa shape index (κ3) is 6.85. The average molecular weight is 362 g/mol. The Morgan fingerprint density at radius 1 is 1.04 bits per heavy atom. The fraction of sp³-hybridized carbons (Fsp3) is 0.263. The van der Waals surface area contributed by atoms with Gasteiger partial charge in [0.1, 0.15) is 5.75 Å².